The fourth-order valence-corrected chi connectivity index (χ4v) is 4.09. The van der Waals surface area contributed by atoms with Crippen molar-refractivity contribution in [2.75, 3.05) is 18.4 Å². The van der Waals surface area contributed by atoms with E-state index in [2.05, 4.69) is 10.6 Å². The van der Waals surface area contributed by atoms with Crippen LogP contribution in [0.1, 0.15) is 32.3 Å². The van der Waals surface area contributed by atoms with Gasteiger partial charge in [0.25, 0.3) is 0 Å². The summed E-state index contributed by atoms with van der Waals surface area (Å²) in [6, 6.07) is 11.4. The molecule has 2 aromatic carbocycles. The van der Waals surface area contributed by atoms with Crippen LogP contribution in [0.15, 0.2) is 42.5 Å². The smallest absolute Gasteiger partial charge is 0.410 e. The van der Waals surface area contributed by atoms with Crippen LogP contribution < -0.4 is 10.6 Å². The molecule has 6 nitrogen and oxygen atoms in total. The number of nitrogens with zero attached hydrogens (tertiary/aromatic N) is 1. The standard InChI is InChI=1S/C22H24Cl3N3O3/c1-22(2,3)31-21(30)28-11-18(13-4-6-14(23)7-5-13)19(12-28)27-20(29)26-17-9-15(24)8-16(25)10-17/h4-10,18-19H,11-12H2,1-3H3,(H2,26,27,29)/t18-,19+/m0/s1. The maximum Gasteiger partial charge on any atom is 0.410 e. The Balaban J connectivity index is 1.76. The van der Waals surface area contributed by atoms with Gasteiger partial charge >= 0.3 is 12.1 Å². The summed E-state index contributed by atoms with van der Waals surface area (Å²) in [5.41, 5.74) is 0.827. The van der Waals surface area contributed by atoms with Crippen LogP contribution in [-0.4, -0.2) is 41.8 Å². The van der Waals surface area contributed by atoms with Crippen molar-refractivity contribution in [3.8, 4) is 0 Å². The van der Waals surface area contributed by atoms with E-state index in [1.54, 1.807) is 35.2 Å². The Hall–Kier alpha value is -2.15. The summed E-state index contributed by atoms with van der Waals surface area (Å²) in [6.07, 6.45) is -0.419. The molecule has 0 saturated carbocycles. The molecule has 2 N–H and O–H groups in total. The molecule has 0 aromatic heterocycles. The molecule has 9 heteroatoms. The van der Waals surface area contributed by atoms with Gasteiger partial charge in [0.2, 0.25) is 0 Å². The van der Waals surface area contributed by atoms with E-state index in [4.69, 9.17) is 39.5 Å². The van der Waals surface area contributed by atoms with Gasteiger partial charge in [-0.25, -0.2) is 9.59 Å². The highest BCUT2D eigenvalue weighted by atomic mass is 35.5. The molecule has 0 unspecified atom stereocenters. The summed E-state index contributed by atoms with van der Waals surface area (Å²) < 4.78 is 5.51. The van der Waals surface area contributed by atoms with E-state index < -0.39 is 17.7 Å². The molecule has 2 aromatic rings. The van der Waals surface area contributed by atoms with Crippen molar-refractivity contribution >= 4 is 52.6 Å². The van der Waals surface area contributed by atoms with E-state index in [9.17, 15) is 9.59 Å². The molecular weight excluding hydrogens is 461 g/mol. The van der Waals surface area contributed by atoms with Gasteiger partial charge in [0.05, 0.1) is 6.04 Å². The number of carbonyl (C=O) groups excluding carboxylic acids is 2. The normalized spacial score (nSPS) is 18.6. The second kappa shape index (κ2) is 9.55. The molecule has 1 fully saturated rings. The number of anilines is 1. The minimum absolute atomic E-state index is 0.126. The molecule has 166 valence electrons. The second-order valence-electron chi connectivity index (χ2n) is 8.41. The van der Waals surface area contributed by atoms with Crippen molar-refractivity contribution < 1.29 is 14.3 Å². The van der Waals surface area contributed by atoms with Gasteiger partial charge in [-0.05, 0) is 56.7 Å². The molecule has 3 amide bonds. The van der Waals surface area contributed by atoms with Crippen molar-refractivity contribution in [3.63, 3.8) is 0 Å². The molecule has 31 heavy (non-hydrogen) atoms. The zero-order valence-electron chi connectivity index (χ0n) is 17.4. The third-order valence-corrected chi connectivity index (χ3v) is 5.40. The molecule has 0 radical (unpaired) electrons. The van der Waals surface area contributed by atoms with E-state index in [0.717, 1.165) is 5.56 Å². The Morgan fingerprint density at radius 2 is 1.58 bits per heavy atom. The second-order valence-corrected chi connectivity index (χ2v) is 9.72. The Morgan fingerprint density at radius 1 is 0.968 bits per heavy atom. The molecule has 0 aliphatic carbocycles. The summed E-state index contributed by atoms with van der Waals surface area (Å²) in [5, 5.41) is 7.15. The Kier molecular flexibility index (Phi) is 7.24. The average molecular weight is 485 g/mol. The van der Waals surface area contributed by atoms with Crippen molar-refractivity contribution in [2.45, 2.75) is 38.3 Å². The lowest BCUT2D eigenvalue weighted by Gasteiger charge is -2.24. The van der Waals surface area contributed by atoms with Crippen LogP contribution in [-0.2, 0) is 4.74 Å². The third kappa shape index (κ3) is 6.66. The van der Waals surface area contributed by atoms with Gasteiger partial charge in [-0.2, -0.15) is 0 Å². The van der Waals surface area contributed by atoms with Gasteiger partial charge in [0.1, 0.15) is 5.60 Å². The van der Waals surface area contributed by atoms with Crippen LogP contribution in [0.25, 0.3) is 0 Å². The number of urea groups is 1. The van der Waals surface area contributed by atoms with E-state index in [-0.39, 0.29) is 12.0 Å². The number of rotatable bonds is 3. The van der Waals surface area contributed by atoms with Gasteiger partial charge < -0.3 is 20.3 Å². The predicted molar refractivity (Wildman–Crippen MR) is 124 cm³/mol. The molecule has 3 rings (SSSR count). The average Bonchev–Trinajstić information content (AvgIpc) is 3.04. The van der Waals surface area contributed by atoms with Crippen LogP contribution in [0.3, 0.4) is 0 Å². The number of benzene rings is 2. The maximum absolute atomic E-state index is 12.7. The lowest BCUT2D eigenvalue weighted by molar-refractivity contribution is 0.0289. The molecule has 1 aliphatic rings. The quantitative estimate of drug-likeness (QED) is 0.547. The molecule has 0 bridgehead atoms. The highest BCUT2D eigenvalue weighted by molar-refractivity contribution is 6.35. The van der Waals surface area contributed by atoms with Gasteiger partial charge in [0.15, 0.2) is 0 Å². The first-order valence-corrected chi connectivity index (χ1v) is 10.9. The van der Waals surface area contributed by atoms with E-state index in [0.29, 0.717) is 33.8 Å². The number of nitrogens with one attached hydrogen (secondary N) is 2. The largest absolute Gasteiger partial charge is 0.444 e. The highest BCUT2D eigenvalue weighted by Gasteiger charge is 2.38. The number of hydrogen-bond donors (Lipinski definition) is 2. The lowest BCUT2D eigenvalue weighted by Crippen LogP contribution is -2.43. The fourth-order valence-electron chi connectivity index (χ4n) is 3.43. The van der Waals surface area contributed by atoms with Crippen molar-refractivity contribution in [3.05, 3.63) is 63.1 Å². The van der Waals surface area contributed by atoms with Gasteiger partial charge in [-0.1, -0.05) is 46.9 Å². The minimum Gasteiger partial charge on any atom is -0.444 e. The van der Waals surface area contributed by atoms with Crippen LogP contribution in [0.2, 0.25) is 15.1 Å². The third-order valence-electron chi connectivity index (χ3n) is 4.71. The first kappa shape index (κ1) is 23.5. The van der Waals surface area contributed by atoms with Crippen LogP contribution in [0, 0.1) is 0 Å². The highest BCUT2D eigenvalue weighted by Crippen LogP contribution is 2.30. The van der Waals surface area contributed by atoms with E-state index in [1.165, 1.54) is 0 Å². The number of halogens is 3. The summed E-state index contributed by atoms with van der Waals surface area (Å²) in [5.74, 6) is -0.126. The number of ether oxygens (including phenoxy) is 1. The fraction of sp³-hybridized carbons (Fsp3) is 0.364. The Bertz CT molecular complexity index is 940. The molecule has 1 aliphatic heterocycles. The topological polar surface area (TPSA) is 70.7 Å². The van der Waals surface area contributed by atoms with Crippen molar-refractivity contribution in [1.29, 1.82) is 0 Å². The van der Waals surface area contributed by atoms with Crippen LogP contribution in [0.4, 0.5) is 15.3 Å². The summed E-state index contributed by atoms with van der Waals surface area (Å²) in [7, 11) is 0. The predicted octanol–water partition coefficient (Wildman–Crippen LogP) is 6.17. The molecule has 1 saturated heterocycles. The van der Waals surface area contributed by atoms with Crippen LogP contribution in [0.5, 0.6) is 0 Å². The van der Waals surface area contributed by atoms with E-state index in [1.807, 2.05) is 32.9 Å². The molecule has 0 spiro atoms. The first-order chi connectivity index (χ1) is 14.5. The van der Waals surface area contributed by atoms with Gasteiger partial charge in [-0.3, -0.25) is 0 Å². The van der Waals surface area contributed by atoms with Gasteiger partial charge in [0, 0.05) is 39.8 Å². The molecular formula is C22H24Cl3N3O3. The lowest BCUT2D eigenvalue weighted by atomic mass is 9.94. The SMILES string of the molecule is CC(C)(C)OC(=O)N1C[C@@H](NC(=O)Nc2cc(Cl)cc(Cl)c2)[C@H](c2ccc(Cl)cc2)C1. The molecule has 2 atom stereocenters. The number of amides is 3. The number of likely N-dealkylation sites (tertiary alicyclic amines) is 1. The monoisotopic (exact) mass is 483 g/mol. The van der Waals surface area contributed by atoms with E-state index >= 15 is 0 Å². The summed E-state index contributed by atoms with van der Waals surface area (Å²) in [4.78, 5) is 26.9. The Labute approximate surface area is 196 Å². The Morgan fingerprint density at radius 3 is 2.16 bits per heavy atom. The number of carbonyl (C=O) groups is 2. The molecule has 1 heterocycles. The number of hydrogen-bond acceptors (Lipinski definition) is 3. The minimum atomic E-state index is -0.610. The first-order valence-electron chi connectivity index (χ1n) is 9.77. The maximum atomic E-state index is 12.7. The van der Waals surface area contributed by atoms with Gasteiger partial charge in [-0.15, -0.1) is 0 Å². The summed E-state index contributed by atoms with van der Waals surface area (Å²) in [6.45, 7) is 6.17. The van der Waals surface area contributed by atoms with Crippen molar-refractivity contribution in [2.24, 2.45) is 0 Å². The summed E-state index contributed by atoms with van der Waals surface area (Å²) >= 11 is 18.0. The zero-order chi connectivity index (χ0) is 22.8. The van der Waals surface area contributed by atoms with Crippen LogP contribution >= 0.6 is 34.8 Å². The zero-order valence-corrected chi connectivity index (χ0v) is 19.7. The van der Waals surface area contributed by atoms with Crippen molar-refractivity contribution in [1.82, 2.24) is 10.2 Å².